The molecule has 0 amide bonds. The highest BCUT2D eigenvalue weighted by molar-refractivity contribution is 5.91. The summed E-state index contributed by atoms with van der Waals surface area (Å²) in [6.45, 7) is 4.40. The minimum Gasteiger partial charge on any atom is -0.423 e. The highest BCUT2D eigenvalue weighted by Crippen LogP contribution is 2.21. The van der Waals surface area contributed by atoms with Gasteiger partial charge in [0.15, 0.2) is 5.82 Å². The van der Waals surface area contributed by atoms with Crippen molar-refractivity contribution >= 4 is 5.97 Å². The Balaban J connectivity index is 1.45. The van der Waals surface area contributed by atoms with Crippen molar-refractivity contribution in [2.45, 2.75) is 104 Å². The van der Waals surface area contributed by atoms with Crippen LogP contribution in [-0.4, -0.2) is 15.9 Å². The first kappa shape index (κ1) is 29.5. The third-order valence-corrected chi connectivity index (χ3v) is 6.94. The van der Waals surface area contributed by atoms with Gasteiger partial charge in [-0.1, -0.05) is 96.3 Å². The van der Waals surface area contributed by atoms with E-state index in [1.807, 2.05) is 24.5 Å². The Bertz CT molecular complexity index is 1100. The summed E-state index contributed by atoms with van der Waals surface area (Å²) >= 11 is 0. The monoisotopic (exact) mass is 518 g/mol. The number of ether oxygens (including phenoxy) is 1. The van der Waals surface area contributed by atoms with Crippen molar-refractivity contribution in [3.8, 4) is 17.1 Å². The van der Waals surface area contributed by atoms with Gasteiger partial charge in [-0.2, -0.15) is 0 Å². The molecule has 4 nitrogen and oxygen atoms in total. The van der Waals surface area contributed by atoms with Gasteiger partial charge in [-0.25, -0.2) is 19.2 Å². The molecule has 0 aliphatic heterocycles. The van der Waals surface area contributed by atoms with E-state index in [0.717, 1.165) is 43.2 Å². The number of aryl methyl sites for hydroxylation is 2. The van der Waals surface area contributed by atoms with Crippen molar-refractivity contribution in [2.75, 3.05) is 0 Å². The molecule has 0 spiro atoms. The maximum absolute atomic E-state index is 14.4. The molecular formula is C33H43FN2O2. The summed E-state index contributed by atoms with van der Waals surface area (Å²) in [5, 5.41) is 0. The molecule has 38 heavy (non-hydrogen) atoms. The van der Waals surface area contributed by atoms with Crippen LogP contribution in [0.4, 0.5) is 4.39 Å². The topological polar surface area (TPSA) is 52.1 Å². The van der Waals surface area contributed by atoms with E-state index in [-0.39, 0.29) is 11.6 Å². The second kappa shape index (κ2) is 16.7. The van der Waals surface area contributed by atoms with Crippen LogP contribution in [0.15, 0.2) is 54.9 Å². The Kier molecular flexibility index (Phi) is 13.0. The number of carbonyl (C=O) groups excluding carboxylic acids is 1. The molecule has 1 aromatic heterocycles. The molecule has 0 fully saturated rings. The summed E-state index contributed by atoms with van der Waals surface area (Å²) in [4.78, 5) is 21.6. The van der Waals surface area contributed by atoms with Gasteiger partial charge >= 0.3 is 5.97 Å². The van der Waals surface area contributed by atoms with E-state index in [1.54, 1.807) is 24.3 Å². The quantitative estimate of drug-likeness (QED) is 0.101. The fourth-order valence-corrected chi connectivity index (χ4v) is 4.55. The first-order valence-electron chi connectivity index (χ1n) is 14.5. The van der Waals surface area contributed by atoms with Crippen LogP contribution in [0, 0.1) is 5.82 Å². The lowest BCUT2D eigenvalue weighted by Gasteiger charge is -2.08. The van der Waals surface area contributed by atoms with E-state index in [0.29, 0.717) is 23.4 Å². The molecule has 1 heterocycles. The first-order chi connectivity index (χ1) is 18.6. The maximum atomic E-state index is 14.4. The number of hydrogen-bond donors (Lipinski definition) is 0. The van der Waals surface area contributed by atoms with Gasteiger partial charge in [0, 0.05) is 24.0 Å². The summed E-state index contributed by atoms with van der Waals surface area (Å²) < 4.78 is 19.8. The number of rotatable bonds is 17. The summed E-state index contributed by atoms with van der Waals surface area (Å²) in [5.74, 6) is -0.0103. The van der Waals surface area contributed by atoms with Gasteiger partial charge in [0.05, 0.1) is 5.56 Å². The minimum atomic E-state index is -0.520. The SMILES string of the molecule is CCCCCCCCCCc1cnc(-c2ccc(C(=O)Oc3ccc(CCCCCC)c(F)c3)cc2)nc1. The van der Waals surface area contributed by atoms with Crippen LogP contribution in [0.3, 0.4) is 0 Å². The van der Waals surface area contributed by atoms with Gasteiger partial charge in [-0.3, -0.25) is 0 Å². The van der Waals surface area contributed by atoms with E-state index in [4.69, 9.17) is 4.74 Å². The number of aromatic nitrogens is 2. The zero-order valence-corrected chi connectivity index (χ0v) is 23.2. The fourth-order valence-electron chi connectivity index (χ4n) is 4.55. The van der Waals surface area contributed by atoms with Crippen molar-refractivity contribution in [1.82, 2.24) is 9.97 Å². The Morgan fingerprint density at radius 1 is 0.737 bits per heavy atom. The van der Waals surface area contributed by atoms with Crippen LogP contribution < -0.4 is 4.74 Å². The van der Waals surface area contributed by atoms with E-state index in [2.05, 4.69) is 23.8 Å². The Morgan fingerprint density at radius 2 is 1.32 bits per heavy atom. The predicted molar refractivity (Wildman–Crippen MR) is 153 cm³/mol. The molecule has 0 aliphatic rings. The molecule has 0 aliphatic carbocycles. The number of unbranched alkanes of at least 4 members (excludes halogenated alkanes) is 10. The van der Waals surface area contributed by atoms with E-state index in [9.17, 15) is 9.18 Å². The van der Waals surface area contributed by atoms with Crippen LogP contribution in [-0.2, 0) is 12.8 Å². The van der Waals surface area contributed by atoms with Crippen molar-refractivity contribution in [3.63, 3.8) is 0 Å². The average molecular weight is 519 g/mol. The normalized spacial score (nSPS) is 11.0. The molecule has 0 saturated carbocycles. The number of esters is 1. The molecule has 204 valence electrons. The smallest absolute Gasteiger partial charge is 0.343 e. The number of carbonyl (C=O) groups is 1. The molecule has 0 N–H and O–H groups in total. The van der Waals surface area contributed by atoms with Gasteiger partial charge in [0.2, 0.25) is 0 Å². The number of halogens is 1. The lowest BCUT2D eigenvalue weighted by Crippen LogP contribution is -2.09. The highest BCUT2D eigenvalue weighted by Gasteiger charge is 2.12. The third kappa shape index (κ3) is 10.00. The van der Waals surface area contributed by atoms with Crippen molar-refractivity contribution < 1.29 is 13.9 Å². The second-order valence-corrected chi connectivity index (χ2v) is 10.2. The van der Waals surface area contributed by atoms with Crippen molar-refractivity contribution in [1.29, 1.82) is 0 Å². The fraction of sp³-hybridized carbons (Fsp3) is 0.485. The van der Waals surface area contributed by atoms with Crippen molar-refractivity contribution in [2.24, 2.45) is 0 Å². The van der Waals surface area contributed by atoms with Crippen LogP contribution in [0.25, 0.3) is 11.4 Å². The molecule has 0 bridgehead atoms. The molecule has 0 unspecified atom stereocenters. The second-order valence-electron chi connectivity index (χ2n) is 10.2. The highest BCUT2D eigenvalue weighted by atomic mass is 19.1. The lowest BCUT2D eigenvalue weighted by atomic mass is 10.1. The lowest BCUT2D eigenvalue weighted by molar-refractivity contribution is 0.0734. The van der Waals surface area contributed by atoms with Crippen LogP contribution in [0.1, 0.15) is 112 Å². The zero-order valence-electron chi connectivity index (χ0n) is 23.2. The Morgan fingerprint density at radius 3 is 1.95 bits per heavy atom. The molecule has 3 aromatic rings. The third-order valence-electron chi connectivity index (χ3n) is 6.94. The van der Waals surface area contributed by atoms with Gasteiger partial charge in [-0.15, -0.1) is 0 Å². The van der Waals surface area contributed by atoms with Gasteiger partial charge in [0.25, 0.3) is 0 Å². The number of hydrogen-bond acceptors (Lipinski definition) is 4. The van der Waals surface area contributed by atoms with Crippen molar-refractivity contribution in [3.05, 3.63) is 77.4 Å². The molecule has 0 radical (unpaired) electrons. The summed E-state index contributed by atoms with van der Waals surface area (Å²) in [6.07, 6.45) is 20.3. The predicted octanol–water partition coefficient (Wildman–Crippen LogP) is 9.31. The summed E-state index contributed by atoms with van der Waals surface area (Å²) in [5.41, 5.74) is 3.04. The van der Waals surface area contributed by atoms with E-state index < -0.39 is 5.97 Å². The number of nitrogens with zero attached hydrogens (tertiary/aromatic N) is 2. The largest absolute Gasteiger partial charge is 0.423 e. The molecule has 3 rings (SSSR count). The molecular weight excluding hydrogens is 475 g/mol. The minimum absolute atomic E-state index is 0.212. The van der Waals surface area contributed by atoms with Crippen LogP contribution in [0.5, 0.6) is 5.75 Å². The molecule has 0 atom stereocenters. The Hall–Kier alpha value is -3.08. The summed E-state index contributed by atoms with van der Waals surface area (Å²) in [7, 11) is 0. The van der Waals surface area contributed by atoms with Gasteiger partial charge < -0.3 is 4.74 Å². The standard InChI is InChI=1S/C33H43FN2O2/c1-3-5-7-9-10-11-12-13-15-26-24-35-32(36-25-26)28-17-19-29(20-18-28)33(37)38-30-22-21-27(31(34)23-30)16-14-8-6-4-2/h17-25H,3-16H2,1-2H3. The van der Waals surface area contributed by atoms with E-state index >= 15 is 0 Å². The molecule has 0 saturated heterocycles. The average Bonchev–Trinajstić information content (AvgIpc) is 2.94. The maximum Gasteiger partial charge on any atom is 0.343 e. The van der Waals surface area contributed by atoms with Gasteiger partial charge in [0.1, 0.15) is 11.6 Å². The van der Waals surface area contributed by atoms with E-state index in [1.165, 1.54) is 57.4 Å². The molecule has 2 aromatic carbocycles. The number of benzene rings is 2. The summed E-state index contributed by atoms with van der Waals surface area (Å²) in [6, 6.07) is 11.7. The van der Waals surface area contributed by atoms with Crippen LogP contribution in [0.2, 0.25) is 0 Å². The van der Waals surface area contributed by atoms with Crippen LogP contribution >= 0.6 is 0 Å². The zero-order chi connectivity index (χ0) is 27.0. The first-order valence-corrected chi connectivity index (χ1v) is 14.5. The Labute approximate surface area is 228 Å². The molecule has 5 heteroatoms. The van der Waals surface area contributed by atoms with Gasteiger partial charge in [-0.05, 0) is 55.0 Å².